The molecule has 0 aromatic carbocycles. The number of nitrogens with one attached hydrogen (secondary N) is 1. The monoisotopic (exact) mass is 272 g/mol. The van der Waals surface area contributed by atoms with Gasteiger partial charge in [-0.1, -0.05) is 0 Å². The molecule has 1 N–H and O–H groups in total. The van der Waals surface area contributed by atoms with E-state index in [1.54, 1.807) is 0 Å². The molecule has 0 saturated carbocycles. The smallest absolute Gasteiger partial charge is 0.367 e. The van der Waals surface area contributed by atoms with Gasteiger partial charge in [-0.15, -0.1) is 0 Å². The Morgan fingerprint density at radius 2 is 1.78 bits per heavy atom. The second kappa shape index (κ2) is 5.03. The maximum absolute atomic E-state index is 12.2. The van der Waals surface area contributed by atoms with Crippen molar-refractivity contribution in [3.8, 4) is 0 Å². The molecule has 0 aliphatic carbocycles. The molecule has 1 atom stereocenters. The van der Waals surface area contributed by atoms with Crippen LogP contribution in [0.3, 0.4) is 0 Å². The van der Waals surface area contributed by atoms with E-state index in [2.05, 4.69) is 10.3 Å². The zero-order valence-corrected chi connectivity index (χ0v) is 9.23. The molecule has 1 aromatic heterocycles. The van der Waals surface area contributed by atoms with Gasteiger partial charge in [-0.3, -0.25) is 0 Å². The fourth-order valence-corrected chi connectivity index (χ4v) is 1.30. The fraction of sp³-hybridized carbons (Fsp3) is 0.500. The quantitative estimate of drug-likeness (QED) is 0.845. The van der Waals surface area contributed by atoms with Crippen LogP contribution in [0.5, 0.6) is 0 Å². The maximum Gasteiger partial charge on any atom is 0.417 e. The molecule has 102 valence electrons. The number of aromatic nitrogens is 1. The first kappa shape index (κ1) is 14.6. The van der Waals surface area contributed by atoms with Crippen molar-refractivity contribution in [2.45, 2.75) is 31.7 Å². The second-order valence-electron chi connectivity index (χ2n) is 3.79. The predicted octanol–water partition coefficient (Wildman–Crippen LogP) is 3.85. The van der Waals surface area contributed by atoms with Gasteiger partial charge in [0.05, 0.1) is 12.0 Å². The molecule has 1 rings (SSSR count). The average Bonchev–Trinajstić information content (AvgIpc) is 2.13. The molecule has 0 radical (unpaired) electrons. The third-order valence-corrected chi connectivity index (χ3v) is 2.02. The second-order valence-corrected chi connectivity index (χ2v) is 3.79. The summed E-state index contributed by atoms with van der Waals surface area (Å²) in [6, 6.07) is 0.792. The van der Waals surface area contributed by atoms with Crippen LogP contribution in [0.1, 0.15) is 18.9 Å². The van der Waals surface area contributed by atoms with E-state index in [0.29, 0.717) is 6.20 Å². The summed E-state index contributed by atoms with van der Waals surface area (Å²) in [5.41, 5.74) is -0.948. The van der Waals surface area contributed by atoms with Crippen LogP contribution in [-0.2, 0) is 6.18 Å². The highest BCUT2D eigenvalue weighted by Crippen LogP contribution is 2.29. The molecular formula is C10H10F6N2. The van der Waals surface area contributed by atoms with Crippen LogP contribution < -0.4 is 5.32 Å². The van der Waals surface area contributed by atoms with Crippen LogP contribution in [0.2, 0.25) is 0 Å². The number of alkyl halides is 6. The van der Waals surface area contributed by atoms with E-state index >= 15 is 0 Å². The van der Waals surface area contributed by atoms with Crippen molar-refractivity contribution in [3.63, 3.8) is 0 Å². The molecule has 0 aliphatic heterocycles. The van der Waals surface area contributed by atoms with Crippen molar-refractivity contribution in [2.75, 3.05) is 5.32 Å². The Morgan fingerprint density at radius 1 is 1.17 bits per heavy atom. The van der Waals surface area contributed by atoms with Gasteiger partial charge < -0.3 is 5.32 Å². The van der Waals surface area contributed by atoms with Gasteiger partial charge in [0.25, 0.3) is 0 Å². The van der Waals surface area contributed by atoms with Crippen molar-refractivity contribution in [3.05, 3.63) is 23.9 Å². The van der Waals surface area contributed by atoms with Gasteiger partial charge in [-0.2, -0.15) is 26.3 Å². The molecule has 0 saturated heterocycles. The van der Waals surface area contributed by atoms with Crippen LogP contribution >= 0.6 is 0 Å². The summed E-state index contributed by atoms with van der Waals surface area (Å²) in [7, 11) is 0. The van der Waals surface area contributed by atoms with Gasteiger partial charge in [0, 0.05) is 12.2 Å². The number of rotatable bonds is 3. The molecule has 0 aliphatic rings. The zero-order valence-electron chi connectivity index (χ0n) is 9.23. The Kier molecular flexibility index (Phi) is 4.08. The van der Waals surface area contributed by atoms with E-state index in [-0.39, 0.29) is 5.82 Å². The van der Waals surface area contributed by atoms with Crippen molar-refractivity contribution in [1.29, 1.82) is 0 Å². The predicted molar refractivity (Wildman–Crippen MR) is 53.0 cm³/mol. The molecule has 0 fully saturated rings. The minimum atomic E-state index is -4.51. The van der Waals surface area contributed by atoms with Crippen LogP contribution in [0.4, 0.5) is 32.2 Å². The average molecular weight is 272 g/mol. The number of hydrogen-bond acceptors (Lipinski definition) is 2. The van der Waals surface area contributed by atoms with Gasteiger partial charge >= 0.3 is 12.4 Å². The SMILES string of the molecule is CC(CC(F)(F)F)Nc1ccc(C(F)(F)F)cn1. The highest BCUT2D eigenvalue weighted by molar-refractivity contribution is 5.37. The van der Waals surface area contributed by atoms with Gasteiger partial charge in [0.15, 0.2) is 0 Å². The van der Waals surface area contributed by atoms with Crippen molar-refractivity contribution >= 4 is 5.82 Å². The molecule has 8 heteroatoms. The lowest BCUT2D eigenvalue weighted by atomic mass is 10.2. The molecule has 18 heavy (non-hydrogen) atoms. The van der Waals surface area contributed by atoms with Crippen LogP contribution in [0.15, 0.2) is 18.3 Å². The van der Waals surface area contributed by atoms with E-state index in [1.807, 2.05) is 0 Å². The third-order valence-electron chi connectivity index (χ3n) is 2.02. The molecule has 1 aromatic rings. The van der Waals surface area contributed by atoms with Crippen LogP contribution in [0.25, 0.3) is 0 Å². The first-order valence-electron chi connectivity index (χ1n) is 4.94. The Bertz CT molecular complexity index is 381. The number of nitrogens with zero attached hydrogens (tertiary/aromatic N) is 1. The van der Waals surface area contributed by atoms with E-state index in [0.717, 1.165) is 12.1 Å². The van der Waals surface area contributed by atoms with Gasteiger partial charge in [0.2, 0.25) is 0 Å². The Morgan fingerprint density at radius 3 is 2.17 bits per heavy atom. The van der Waals surface area contributed by atoms with Crippen molar-refractivity contribution in [2.24, 2.45) is 0 Å². The molecule has 0 amide bonds. The van der Waals surface area contributed by atoms with Crippen molar-refractivity contribution in [1.82, 2.24) is 4.98 Å². The molecule has 0 bridgehead atoms. The molecule has 2 nitrogen and oxygen atoms in total. The Balaban J connectivity index is 2.64. The van der Waals surface area contributed by atoms with E-state index < -0.39 is 30.4 Å². The first-order chi connectivity index (χ1) is 8.08. The lowest BCUT2D eigenvalue weighted by Gasteiger charge is -2.16. The summed E-state index contributed by atoms with van der Waals surface area (Å²) < 4.78 is 72.6. The summed E-state index contributed by atoms with van der Waals surface area (Å²) in [4.78, 5) is 3.42. The Labute approximate surface area is 99.0 Å². The largest absolute Gasteiger partial charge is 0.417 e. The first-order valence-corrected chi connectivity index (χ1v) is 4.94. The maximum atomic E-state index is 12.2. The van der Waals surface area contributed by atoms with E-state index in [4.69, 9.17) is 0 Å². The molecular weight excluding hydrogens is 262 g/mol. The zero-order chi connectivity index (χ0) is 14.0. The lowest BCUT2D eigenvalue weighted by Crippen LogP contribution is -2.24. The summed E-state index contributed by atoms with van der Waals surface area (Å²) in [6.07, 6.45) is -9.36. The Hall–Kier alpha value is -1.47. The highest BCUT2D eigenvalue weighted by atomic mass is 19.4. The summed E-state index contributed by atoms with van der Waals surface area (Å²) in [6.45, 7) is 1.27. The van der Waals surface area contributed by atoms with Gasteiger partial charge in [-0.25, -0.2) is 4.98 Å². The van der Waals surface area contributed by atoms with Gasteiger partial charge in [-0.05, 0) is 19.1 Å². The minimum absolute atomic E-state index is 0.0280. The minimum Gasteiger partial charge on any atom is -0.367 e. The van der Waals surface area contributed by atoms with Crippen LogP contribution in [-0.4, -0.2) is 17.2 Å². The summed E-state index contributed by atoms with van der Waals surface area (Å²) >= 11 is 0. The summed E-state index contributed by atoms with van der Waals surface area (Å²) in [5, 5.41) is 2.38. The number of hydrogen-bond donors (Lipinski definition) is 1. The normalized spacial score (nSPS) is 14.4. The van der Waals surface area contributed by atoms with Gasteiger partial charge in [0.1, 0.15) is 5.82 Å². The number of anilines is 1. The van der Waals surface area contributed by atoms with E-state index in [1.165, 1.54) is 6.92 Å². The van der Waals surface area contributed by atoms with Crippen molar-refractivity contribution < 1.29 is 26.3 Å². The fourth-order valence-electron chi connectivity index (χ4n) is 1.30. The number of pyridine rings is 1. The number of halogens is 6. The molecule has 1 unspecified atom stereocenters. The molecule has 0 spiro atoms. The third kappa shape index (κ3) is 4.80. The molecule has 1 heterocycles. The summed E-state index contributed by atoms with van der Waals surface area (Å²) in [5.74, 6) is -0.0280. The topological polar surface area (TPSA) is 24.9 Å². The highest BCUT2D eigenvalue weighted by Gasteiger charge is 2.31. The lowest BCUT2D eigenvalue weighted by molar-refractivity contribution is -0.138. The standard InChI is InChI=1S/C10H10F6N2/c1-6(4-9(11,12)13)18-8-3-2-7(5-17-8)10(14,15)16/h2-3,5-6H,4H2,1H3,(H,17,18). The van der Waals surface area contributed by atoms with Crippen LogP contribution in [0, 0.1) is 0 Å². The van der Waals surface area contributed by atoms with E-state index in [9.17, 15) is 26.3 Å².